The molecule has 1 aliphatic heterocycles. The number of nitrogens with one attached hydrogen (secondary N) is 1. The van der Waals surface area contributed by atoms with Gasteiger partial charge in [-0.1, -0.05) is 0 Å². The minimum absolute atomic E-state index is 0.745. The Balaban J connectivity index is 2.26. The third kappa shape index (κ3) is 1.69. The van der Waals surface area contributed by atoms with Crippen LogP contribution in [0.2, 0.25) is 0 Å². The van der Waals surface area contributed by atoms with Gasteiger partial charge in [0.2, 0.25) is 0 Å². The number of nitriles is 1. The van der Waals surface area contributed by atoms with Crippen molar-refractivity contribution in [2.45, 2.75) is 19.3 Å². The second-order valence-corrected chi connectivity index (χ2v) is 3.59. The average Bonchev–Trinajstić information content (AvgIpc) is 2.30. The lowest BCUT2D eigenvalue weighted by Gasteiger charge is -2.21. The Hall–Kier alpha value is -1.56. The van der Waals surface area contributed by atoms with Crippen LogP contribution in [0.1, 0.15) is 24.8 Å². The molecule has 0 amide bonds. The highest BCUT2D eigenvalue weighted by molar-refractivity contribution is 5.49. The fourth-order valence-corrected chi connectivity index (χ4v) is 1.90. The van der Waals surface area contributed by atoms with Crippen molar-refractivity contribution in [3.8, 4) is 6.07 Å². The summed E-state index contributed by atoms with van der Waals surface area (Å²) < 4.78 is 0. The van der Waals surface area contributed by atoms with Gasteiger partial charge >= 0.3 is 0 Å². The first-order chi connectivity index (χ1) is 6.92. The van der Waals surface area contributed by atoms with E-state index in [1.807, 2.05) is 18.3 Å². The number of rotatable bonds is 1. The Morgan fingerprint density at radius 1 is 1.29 bits per heavy atom. The maximum absolute atomic E-state index is 8.95. The summed E-state index contributed by atoms with van der Waals surface area (Å²) in [7, 11) is 0. The number of anilines is 1. The molecule has 3 nitrogen and oxygen atoms in total. The molecule has 0 bridgehead atoms. The number of hydrogen-bond donors (Lipinski definition) is 0. The van der Waals surface area contributed by atoms with Crippen LogP contribution in [0.3, 0.4) is 0 Å². The van der Waals surface area contributed by atoms with Crippen molar-refractivity contribution >= 4 is 5.82 Å². The summed E-state index contributed by atoms with van der Waals surface area (Å²) in [5.41, 5.74) is 0.745. The van der Waals surface area contributed by atoms with Crippen LogP contribution >= 0.6 is 0 Å². The predicted octanol–water partition coefficient (Wildman–Crippen LogP) is 1.36. The fourth-order valence-electron chi connectivity index (χ4n) is 1.90. The largest absolute Gasteiger partial charge is 0.292 e. The van der Waals surface area contributed by atoms with Gasteiger partial charge in [-0.25, -0.2) is 4.98 Å². The van der Waals surface area contributed by atoms with Crippen LogP contribution in [0.25, 0.3) is 0 Å². The van der Waals surface area contributed by atoms with Crippen molar-refractivity contribution in [3.63, 3.8) is 0 Å². The van der Waals surface area contributed by atoms with Gasteiger partial charge in [-0.15, -0.1) is 0 Å². The first-order valence-electron chi connectivity index (χ1n) is 5.07. The molecule has 0 unspecified atom stereocenters. The second kappa shape index (κ2) is 4.10. The number of aromatic nitrogens is 1. The summed E-state index contributed by atoms with van der Waals surface area (Å²) in [5.74, 6) is 0.981. The Morgan fingerprint density at radius 2 is 2.07 bits per heavy atom. The van der Waals surface area contributed by atoms with Crippen LogP contribution in [0.15, 0.2) is 18.3 Å². The minimum Gasteiger partial charge on any atom is -0.261 e. The molecule has 72 valence electrons. The summed E-state index contributed by atoms with van der Waals surface area (Å²) >= 11 is 0. The molecular weight excluding hydrogens is 174 g/mol. The molecule has 0 atom stereocenters. The van der Waals surface area contributed by atoms with E-state index in [1.165, 1.54) is 19.3 Å². The van der Waals surface area contributed by atoms with Crippen LogP contribution in [0.5, 0.6) is 0 Å². The van der Waals surface area contributed by atoms with Gasteiger partial charge in [0.25, 0.3) is 5.82 Å². The molecule has 1 aromatic heterocycles. The third-order valence-corrected chi connectivity index (χ3v) is 2.63. The number of nitrogens with zero attached hydrogens (tertiary/aromatic N) is 2. The molecule has 1 N–H and O–H groups in total. The van der Waals surface area contributed by atoms with E-state index >= 15 is 0 Å². The van der Waals surface area contributed by atoms with Crippen LogP contribution in [0.4, 0.5) is 5.82 Å². The highest BCUT2D eigenvalue weighted by atomic mass is 15.2. The number of aromatic amines is 1. The molecule has 1 aliphatic rings. The maximum atomic E-state index is 8.95. The van der Waals surface area contributed by atoms with E-state index in [-0.39, 0.29) is 0 Å². The zero-order valence-electron chi connectivity index (χ0n) is 8.16. The highest BCUT2D eigenvalue weighted by Crippen LogP contribution is 2.18. The van der Waals surface area contributed by atoms with E-state index in [0.29, 0.717) is 0 Å². The quantitative estimate of drug-likeness (QED) is 0.667. The van der Waals surface area contributed by atoms with Gasteiger partial charge in [0.15, 0.2) is 0 Å². The Bertz CT molecular complexity index is 348. The Morgan fingerprint density at radius 3 is 2.79 bits per heavy atom. The molecule has 0 aromatic carbocycles. The van der Waals surface area contributed by atoms with E-state index < -0.39 is 0 Å². The van der Waals surface area contributed by atoms with Crippen LogP contribution in [-0.4, -0.2) is 13.1 Å². The average molecular weight is 188 g/mol. The number of H-pyrrole nitrogens is 1. The molecule has 0 aliphatic carbocycles. The van der Waals surface area contributed by atoms with Crippen molar-refractivity contribution in [2.75, 3.05) is 18.0 Å². The molecule has 3 heteroatoms. The van der Waals surface area contributed by atoms with Crippen LogP contribution < -0.4 is 9.88 Å². The van der Waals surface area contributed by atoms with E-state index in [4.69, 9.17) is 5.26 Å². The van der Waals surface area contributed by atoms with E-state index in [9.17, 15) is 0 Å². The smallest absolute Gasteiger partial charge is 0.261 e. The topological polar surface area (TPSA) is 41.2 Å². The summed E-state index contributed by atoms with van der Waals surface area (Å²) in [6.07, 6.45) is 5.65. The molecule has 1 aromatic rings. The standard InChI is InChI=1S/C11H13N3/c12-9-10-5-4-6-13-11(10)14-7-2-1-3-8-14/h4-6H,1-3,7-8H2/p+1. The highest BCUT2D eigenvalue weighted by Gasteiger charge is 2.21. The molecule has 2 heterocycles. The second-order valence-electron chi connectivity index (χ2n) is 3.59. The van der Waals surface area contributed by atoms with E-state index in [0.717, 1.165) is 24.5 Å². The lowest BCUT2D eigenvalue weighted by atomic mass is 10.1. The molecule has 0 radical (unpaired) electrons. The van der Waals surface area contributed by atoms with Crippen LogP contribution in [0, 0.1) is 11.3 Å². The van der Waals surface area contributed by atoms with Crippen molar-refractivity contribution in [1.29, 1.82) is 5.26 Å². The molecule has 1 fully saturated rings. The van der Waals surface area contributed by atoms with Gasteiger partial charge in [0.1, 0.15) is 11.6 Å². The van der Waals surface area contributed by atoms with Gasteiger partial charge < -0.3 is 0 Å². The zero-order valence-corrected chi connectivity index (χ0v) is 8.16. The molecular formula is C11H14N3+. The van der Waals surface area contributed by atoms with Crippen LogP contribution in [-0.2, 0) is 0 Å². The SMILES string of the molecule is N#Cc1ccc[nH+]c1N1CCCCC1. The summed E-state index contributed by atoms with van der Waals surface area (Å²) in [6, 6.07) is 5.95. The molecule has 2 rings (SSSR count). The van der Waals surface area contributed by atoms with Crippen molar-refractivity contribution in [2.24, 2.45) is 0 Å². The monoisotopic (exact) mass is 188 g/mol. The first kappa shape index (κ1) is 9.01. The molecule has 0 saturated carbocycles. The van der Waals surface area contributed by atoms with E-state index in [2.05, 4.69) is 16.0 Å². The molecule has 0 spiro atoms. The summed E-state index contributed by atoms with van der Waals surface area (Å²) in [4.78, 5) is 5.43. The molecule has 1 saturated heterocycles. The van der Waals surface area contributed by atoms with Crippen molar-refractivity contribution in [1.82, 2.24) is 0 Å². The first-order valence-corrected chi connectivity index (χ1v) is 5.07. The lowest BCUT2D eigenvalue weighted by Crippen LogP contribution is -2.34. The predicted molar refractivity (Wildman–Crippen MR) is 53.8 cm³/mol. The van der Waals surface area contributed by atoms with Gasteiger partial charge in [0.05, 0.1) is 19.3 Å². The van der Waals surface area contributed by atoms with Gasteiger partial charge in [-0.05, 0) is 31.4 Å². The fraction of sp³-hybridized carbons (Fsp3) is 0.455. The third-order valence-electron chi connectivity index (χ3n) is 2.63. The Kier molecular flexibility index (Phi) is 2.64. The summed E-state index contributed by atoms with van der Waals surface area (Å²) in [6.45, 7) is 2.13. The van der Waals surface area contributed by atoms with Gasteiger partial charge in [-0.2, -0.15) is 5.26 Å². The number of piperidine rings is 1. The van der Waals surface area contributed by atoms with Gasteiger partial charge in [0, 0.05) is 0 Å². The summed E-state index contributed by atoms with van der Waals surface area (Å²) in [5, 5.41) is 8.95. The van der Waals surface area contributed by atoms with Gasteiger partial charge in [-0.3, -0.25) is 4.90 Å². The maximum Gasteiger partial charge on any atom is 0.292 e. The number of pyridine rings is 1. The van der Waals surface area contributed by atoms with Crippen molar-refractivity contribution < 1.29 is 4.98 Å². The van der Waals surface area contributed by atoms with E-state index in [1.54, 1.807) is 0 Å². The Labute approximate surface area is 84.0 Å². The van der Waals surface area contributed by atoms with Crippen molar-refractivity contribution in [3.05, 3.63) is 23.9 Å². The normalized spacial score (nSPS) is 16.4. The number of hydrogen-bond acceptors (Lipinski definition) is 2. The zero-order chi connectivity index (χ0) is 9.80. The lowest BCUT2D eigenvalue weighted by molar-refractivity contribution is -0.364. The molecule has 14 heavy (non-hydrogen) atoms. The minimum atomic E-state index is 0.745.